The summed E-state index contributed by atoms with van der Waals surface area (Å²) in [6, 6.07) is 0. The fourth-order valence-corrected chi connectivity index (χ4v) is 7.02. The first kappa shape index (κ1) is 17.2. The van der Waals surface area contributed by atoms with Gasteiger partial charge >= 0.3 is 0 Å². The molecule has 0 aromatic rings. The maximum atomic E-state index is 11.8. The Morgan fingerprint density at radius 2 is 2.04 bits per heavy atom. The minimum absolute atomic E-state index is 0.0519. The number of carbonyl (C=O) groups is 2. The van der Waals surface area contributed by atoms with Crippen LogP contribution in [-0.2, 0) is 9.59 Å². The van der Waals surface area contributed by atoms with E-state index in [0.717, 1.165) is 31.3 Å². The summed E-state index contributed by atoms with van der Waals surface area (Å²) in [4.78, 5) is 23.0. The lowest BCUT2D eigenvalue weighted by atomic mass is 9.46. The van der Waals surface area contributed by atoms with Crippen LogP contribution in [0.1, 0.15) is 46.0 Å². The van der Waals surface area contributed by atoms with Crippen LogP contribution < -0.4 is 0 Å². The maximum Gasteiger partial charge on any atom is 0.178 e. The fourth-order valence-electron chi connectivity index (χ4n) is 7.02. The molecular weight excluding hydrogens is 316 g/mol. The molecule has 4 nitrogen and oxygen atoms in total. The molecule has 4 aliphatic rings. The molecule has 2 N–H and O–H groups in total. The van der Waals surface area contributed by atoms with Crippen molar-refractivity contribution in [2.24, 2.45) is 34.5 Å². The largest absolute Gasteiger partial charge is 0.393 e. The summed E-state index contributed by atoms with van der Waals surface area (Å²) in [6.45, 7) is 4.33. The van der Waals surface area contributed by atoms with E-state index in [4.69, 9.17) is 0 Å². The Morgan fingerprint density at radius 1 is 1.28 bits per heavy atom. The fraction of sp³-hybridized carbons (Fsp3) is 0.714. The molecule has 0 aliphatic heterocycles. The molecule has 2 unspecified atom stereocenters. The molecule has 136 valence electrons. The molecule has 0 heterocycles. The van der Waals surface area contributed by atoms with Gasteiger partial charge in [0.15, 0.2) is 5.78 Å². The summed E-state index contributed by atoms with van der Waals surface area (Å²) in [7, 11) is 0. The monoisotopic (exact) mass is 344 g/mol. The number of ketones is 1. The molecule has 0 aromatic heterocycles. The molecule has 3 saturated carbocycles. The van der Waals surface area contributed by atoms with Gasteiger partial charge in [-0.1, -0.05) is 25.5 Å². The SMILES string of the molecule is C[C@]12C=CC(=O)C=C1CC[C@@H]1[C@@H]2[C@@H](O)C[C@@]2(C)C(C(O)C=O)CC[C@@H]12. The second kappa shape index (κ2) is 5.62. The summed E-state index contributed by atoms with van der Waals surface area (Å²) in [5.74, 6) is 0.902. The summed E-state index contributed by atoms with van der Waals surface area (Å²) >= 11 is 0. The zero-order chi connectivity index (χ0) is 18.0. The van der Waals surface area contributed by atoms with E-state index in [1.54, 1.807) is 12.2 Å². The highest BCUT2D eigenvalue weighted by atomic mass is 16.3. The molecular formula is C21H28O4. The summed E-state index contributed by atoms with van der Waals surface area (Å²) in [6.07, 6.45) is 9.06. The molecule has 4 aliphatic carbocycles. The number of rotatable bonds is 2. The van der Waals surface area contributed by atoms with Crippen molar-refractivity contribution in [1.29, 1.82) is 0 Å². The molecule has 8 atom stereocenters. The van der Waals surface area contributed by atoms with Crippen LogP contribution in [0.25, 0.3) is 0 Å². The van der Waals surface area contributed by atoms with Crippen molar-refractivity contribution in [1.82, 2.24) is 0 Å². The molecule has 0 amide bonds. The highest BCUT2D eigenvalue weighted by Gasteiger charge is 2.62. The first-order valence-corrected chi connectivity index (χ1v) is 9.57. The Bertz CT molecular complexity index is 665. The Morgan fingerprint density at radius 3 is 2.76 bits per heavy atom. The number of hydrogen-bond acceptors (Lipinski definition) is 4. The van der Waals surface area contributed by atoms with Gasteiger partial charge in [-0.2, -0.15) is 0 Å². The van der Waals surface area contributed by atoms with Crippen LogP contribution in [0.15, 0.2) is 23.8 Å². The first-order valence-electron chi connectivity index (χ1n) is 9.57. The topological polar surface area (TPSA) is 74.6 Å². The Hall–Kier alpha value is -1.26. The van der Waals surface area contributed by atoms with Gasteiger partial charge in [-0.25, -0.2) is 0 Å². The Balaban J connectivity index is 1.71. The number of aliphatic hydroxyl groups is 2. The van der Waals surface area contributed by atoms with Crippen molar-refractivity contribution in [3.05, 3.63) is 23.8 Å². The van der Waals surface area contributed by atoms with Gasteiger partial charge in [0, 0.05) is 11.3 Å². The van der Waals surface area contributed by atoms with E-state index >= 15 is 0 Å². The quantitative estimate of drug-likeness (QED) is 0.755. The van der Waals surface area contributed by atoms with Gasteiger partial charge in [0.2, 0.25) is 0 Å². The van der Waals surface area contributed by atoms with Gasteiger partial charge < -0.3 is 15.0 Å². The lowest BCUT2D eigenvalue weighted by Crippen LogP contribution is -2.56. The molecule has 4 heteroatoms. The van der Waals surface area contributed by atoms with Crippen molar-refractivity contribution in [2.75, 3.05) is 0 Å². The third-order valence-corrected chi connectivity index (χ3v) is 8.12. The van der Waals surface area contributed by atoms with Gasteiger partial charge in [0.1, 0.15) is 12.4 Å². The third kappa shape index (κ3) is 2.26. The highest BCUT2D eigenvalue weighted by molar-refractivity contribution is 6.01. The van der Waals surface area contributed by atoms with E-state index in [1.807, 2.05) is 6.08 Å². The van der Waals surface area contributed by atoms with Crippen molar-refractivity contribution >= 4 is 12.1 Å². The lowest BCUT2D eigenvalue weighted by molar-refractivity contribution is -0.136. The van der Waals surface area contributed by atoms with Gasteiger partial charge in [0.05, 0.1) is 6.10 Å². The predicted octanol–water partition coefficient (Wildman–Crippen LogP) is 2.44. The van der Waals surface area contributed by atoms with Gasteiger partial charge in [0.25, 0.3) is 0 Å². The second-order valence-electron chi connectivity index (χ2n) is 9.11. The van der Waals surface area contributed by atoms with Gasteiger partial charge in [-0.05, 0) is 67.4 Å². The van der Waals surface area contributed by atoms with E-state index in [9.17, 15) is 19.8 Å². The molecule has 0 bridgehead atoms. The van der Waals surface area contributed by atoms with E-state index in [2.05, 4.69) is 13.8 Å². The minimum atomic E-state index is -0.930. The number of allylic oxidation sites excluding steroid dienone is 4. The highest BCUT2D eigenvalue weighted by Crippen LogP contribution is 2.66. The van der Waals surface area contributed by atoms with Crippen LogP contribution in [0.5, 0.6) is 0 Å². The molecule has 25 heavy (non-hydrogen) atoms. The van der Waals surface area contributed by atoms with Gasteiger partial charge in [-0.15, -0.1) is 0 Å². The molecule has 0 radical (unpaired) electrons. The van der Waals surface area contributed by atoms with Crippen LogP contribution in [0.4, 0.5) is 0 Å². The van der Waals surface area contributed by atoms with Crippen LogP contribution in [0.3, 0.4) is 0 Å². The Labute approximate surface area is 149 Å². The predicted molar refractivity (Wildman–Crippen MR) is 93.6 cm³/mol. The van der Waals surface area contributed by atoms with E-state index in [1.165, 1.54) is 0 Å². The summed E-state index contributed by atoms with van der Waals surface area (Å²) in [5, 5.41) is 21.3. The van der Waals surface area contributed by atoms with E-state index in [-0.39, 0.29) is 28.4 Å². The first-order chi connectivity index (χ1) is 11.8. The molecule has 0 saturated heterocycles. The minimum Gasteiger partial charge on any atom is -0.393 e. The van der Waals surface area contributed by atoms with Crippen molar-refractivity contribution in [3.8, 4) is 0 Å². The third-order valence-electron chi connectivity index (χ3n) is 8.12. The van der Waals surface area contributed by atoms with Crippen molar-refractivity contribution < 1.29 is 19.8 Å². The standard InChI is InChI=1S/C21H28O4/c1-20-8-7-13(23)9-12(20)3-4-14-15-5-6-16(18(25)11-22)21(15,2)10-17(24)19(14)20/h7-9,11,14-19,24-25H,3-6,10H2,1-2H3/t14-,15-,16?,17-,18?,19+,20-,21+/m0/s1. The average molecular weight is 344 g/mol. The van der Waals surface area contributed by atoms with Crippen molar-refractivity contribution in [3.63, 3.8) is 0 Å². The molecule has 0 spiro atoms. The zero-order valence-electron chi connectivity index (χ0n) is 15.0. The van der Waals surface area contributed by atoms with Crippen LogP contribution >= 0.6 is 0 Å². The number of aliphatic hydroxyl groups excluding tert-OH is 2. The summed E-state index contributed by atoms with van der Waals surface area (Å²) in [5.41, 5.74) is 0.720. The molecule has 4 rings (SSSR count). The lowest BCUT2D eigenvalue weighted by Gasteiger charge is -2.59. The number of aldehydes is 1. The normalized spacial score (nSPS) is 49.7. The van der Waals surface area contributed by atoms with Crippen LogP contribution in [0, 0.1) is 34.5 Å². The number of fused-ring (bicyclic) bond motifs is 5. The van der Waals surface area contributed by atoms with Crippen LogP contribution in [0.2, 0.25) is 0 Å². The maximum absolute atomic E-state index is 11.8. The smallest absolute Gasteiger partial charge is 0.178 e. The summed E-state index contributed by atoms with van der Waals surface area (Å²) < 4.78 is 0. The average Bonchev–Trinajstić information content (AvgIpc) is 2.91. The molecule has 0 aromatic carbocycles. The van der Waals surface area contributed by atoms with E-state index in [0.29, 0.717) is 24.5 Å². The second-order valence-corrected chi connectivity index (χ2v) is 9.11. The Kier molecular flexibility index (Phi) is 3.86. The van der Waals surface area contributed by atoms with Crippen LogP contribution in [-0.4, -0.2) is 34.5 Å². The van der Waals surface area contributed by atoms with Gasteiger partial charge in [-0.3, -0.25) is 4.79 Å². The zero-order valence-corrected chi connectivity index (χ0v) is 15.0. The number of hydrogen-bond donors (Lipinski definition) is 2. The molecule has 3 fully saturated rings. The van der Waals surface area contributed by atoms with E-state index < -0.39 is 12.2 Å². The van der Waals surface area contributed by atoms with Crippen molar-refractivity contribution in [2.45, 2.75) is 58.2 Å². The number of carbonyl (C=O) groups excluding carboxylic acids is 2.